The highest BCUT2D eigenvalue weighted by Gasteiger charge is 2.30. The summed E-state index contributed by atoms with van der Waals surface area (Å²) in [4.78, 5) is 23.6. The molecule has 0 N–H and O–H groups in total. The first kappa shape index (κ1) is 11.8. The van der Waals surface area contributed by atoms with Crippen molar-refractivity contribution in [1.29, 1.82) is 0 Å². The smallest absolute Gasteiger partial charge is 0.250 e. The molecule has 2 rings (SSSR count). The minimum Gasteiger partial charge on any atom is -0.294 e. The van der Waals surface area contributed by atoms with Crippen molar-refractivity contribution in [3.63, 3.8) is 0 Å². The Labute approximate surface area is 107 Å². The third-order valence-corrected chi connectivity index (χ3v) is 2.60. The quantitative estimate of drug-likeness (QED) is 0.686. The molecule has 0 spiro atoms. The van der Waals surface area contributed by atoms with Crippen LogP contribution in [0.1, 0.15) is 28.3 Å². The lowest BCUT2D eigenvalue weighted by Crippen LogP contribution is -2.15. The first-order valence-electron chi connectivity index (χ1n) is 4.41. The molecular weight excluding hydrogens is 272 g/mol. The predicted molar refractivity (Wildman–Crippen MR) is 63.1 cm³/mol. The second-order valence-corrected chi connectivity index (χ2v) is 5.55. The number of hydrogen-bond acceptors (Lipinski definition) is 4. The Morgan fingerprint density at radius 1 is 1.31 bits per heavy atom. The molecule has 0 amide bonds. The zero-order valence-corrected chi connectivity index (χ0v) is 10.4. The fourth-order valence-corrected chi connectivity index (χ4v) is 1.68. The number of nitrogens with zero attached hydrogens (tertiary/aromatic N) is 3. The van der Waals surface area contributed by atoms with Gasteiger partial charge in [-0.15, -0.1) is 0 Å². The average molecular weight is 279 g/mol. The molecule has 16 heavy (non-hydrogen) atoms. The number of carbonyl (C=O) groups excluding carboxylic acids is 1. The second kappa shape index (κ2) is 3.95. The van der Waals surface area contributed by atoms with Gasteiger partial charge >= 0.3 is 0 Å². The number of halogens is 3. The summed E-state index contributed by atoms with van der Waals surface area (Å²) >= 11 is 17.0. The van der Waals surface area contributed by atoms with Crippen molar-refractivity contribution in [3.05, 3.63) is 17.1 Å². The highest BCUT2D eigenvalue weighted by atomic mass is 35.6. The van der Waals surface area contributed by atoms with Crippen LogP contribution in [0.5, 0.6) is 0 Å². The fraction of sp³-hybridized carbons (Fsp3) is 0.333. The average Bonchev–Trinajstić information content (AvgIpc) is 2.15. The van der Waals surface area contributed by atoms with Gasteiger partial charge in [-0.1, -0.05) is 34.8 Å². The van der Waals surface area contributed by atoms with E-state index in [1.807, 2.05) is 0 Å². The van der Waals surface area contributed by atoms with Crippen molar-refractivity contribution >= 4 is 52.6 Å². The maximum absolute atomic E-state index is 11.6. The molecule has 1 aliphatic heterocycles. The van der Waals surface area contributed by atoms with Gasteiger partial charge in [0, 0.05) is 12.6 Å². The monoisotopic (exact) mass is 277 g/mol. The van der Waals surface area contributed by atoms with Gasteiger partial charge in [-0.25, -0.2) is 15.0 Å². The second-order valence-electron chi connectivity index (χ2n) is 3.27. The van der Waals surface area contributed by atoms with Crippen LogP contribution in [-0.2, 0) is 3.79 Å². The SMILES string of the molecule is Cc1nc(C(Cl)(Cl)Cl)nc2c1C(=O)CC=N2. The van der Waals surface area contributed by atoms with E-state index in [2.05, 4.69) is 15.0 Å². The molecule has 0 atom stereocenters. The van der Waals surface area contributed by atoms with Gasteiger partial charge in [0.25, 0.3) is 0 Å². The summed E-state index contributed by atoms with van der Waals surface area (Å²) in [6.07, 6.45) is 1.74. The number of fused-ring (bicyclic) bond motifs is 1. The fourth-order valence-electron chi connectivity index (χ4n) is 1.42. The molecule has 0 fully saturated rings. The number of aromatic nitrogens is 2. The summed E-state index contributed by atoms with van der Waals surface area (Å²) in [5, 5.41) is 0. The van der Waals surface area contributed by atoms with Gasteiger partial charge in [0.2, 0.25) is 3.79 Å². The maximum Gasteiger partial charge on any atom is 0.250 e. The molecule has 1 aliphatic rings. The standard InChI is InChI=1S/C9H6Cl3N3O/c1-4-6-5(16)2-3-13-7(6)15-8(14-4)9(10,11)12/h3H,2H2,1H3. The molecule has 1 aromatic heterocycles. The van der Waals surface area contributed by atoms with E-state index in [9.17, 15) is 4.79 Å². The predicted octanol–water partition coefficient (Wildman–Crippen LogP) is 2.90. The van der Waals surface area contributed by atoms with Gasteiger partial charge in [-0.05, 0) is 6.92 Å². The minimum absolute atomic E-state index is 0.0283. The molecule has 0 radical (unpaired) electrons. The van der Waals surface area contributed by atoms with Crippen molar-refractivity contribution in [2.75, 3.05) is 0 Å². The molecule has 0 unspecified atom stereocenters. The molecule has 0 aliphatic carbocycles. The molecule has 7 heteroatoms. The van der Waals surface area contributed by atoms with Crippen LogP contribution in [0.15, 0.2) is 4.99 Å². The number of rotatable bonds is 0. The summed E-state index contributed by atoms with van der Waals surface area (Å²) < 4.78 is -1.71. The number of aryl methyl sites for hydroxylation is 1. The van der Waals surface area contributed by atoms with Gasteiger partial charge in [0.05, 0.1) is 11.3 Å². The Hall–Kier alpha value is -0.710. The molecule has 0 saturated carbocycles. The first-order chi connectivity index (χ1) is 7.39. The number of Topliss-reactive ketones (excluding diaryl/α,β-unsaturated/α-hetero) is 1. The number of carbonyl (C=O) groups is 1. The van der Waals surface area contributed by atoms with Crippen LogP contribution in [0, 0.1) is 6.92 Å². The van der Waals surface area contributed by atoms with Crippen LogP contribution in [0.25, 0.3) is 0 Å². The van der Waals surface area contributed by atoms with Crippen LogP contribution in [0.4, 0.5) is 5.82 Å². The summed E-state index contributed by atoms with van der Waals surface area (Å²) in [5.41, 5.74) is 0.883. The van der Waals surface area contributed by atoms with E-state index in [1.54, 1.807) is 6.92 Å². The molecule has 0 bridgehead atoms. The third-order valence-electron chi connectivity index (χ3n) is 2.09. The molecular formula is C9H6Cl3N3O. The van der Waals surface area contributed by atoms with E-state index in [1.165, 1.54) is 6.21 Å². The van der Waals surface area contributed by atoms with Crippen LogP contribution in [0.2, 0.25) is 0 Å². The van der Waals surface area contributed by atoms with Gasteiger partial charge in [-0.3, -0.25) is 4.79 Å². The van der Waals surface area contributed by atoms with Crippen molar-refractivity contribution in [2.24, 2.45) is 4.99 Å². The number of hydrogen-bond donors (Lipinski definition) is 0. The number of aliphatic imine (C=N–C) groups is 1. The summed E-state index contributed by atoms with van der Waals surface area (Å²) in [6, 6.07) is 0. The Bertz CT molecular complexity index is 494. The minimum atomic E-state index is -1.71. The lowest BCUT2D eigenvalue weighted by atomic mass is 10.1. The Balaban J connectivity index is 2.64. The molecule has 1 aromatic rings. The molecule has 0 saturated heterocycles. The van der Waals surface area contributed by atoms with Crippen molar-refractivity contribution in [3.8, 4) is 0 Å². The van der Waals surface area contributed by atoms with Crippen LogP contribution in [0.3, 0.4) is 0 Å². The third kappa shape index (κ3) is 2.05. The zero-order chi connectivity index (χ0) is 11.9. The van der Waals surface area contributed by atoms with E-state index in [4.69, 9.17) is 34.8 Å². The van der Waals surface area contributed by atoms with E-state index in [-0.39, 0.29) is 23.8 Å². The van der Waals surface area contributed by atoms with Gasteiger partial charge in [0.15, 0.2) is 17.4 Å². The van der Waals surface area contributed by atoms with Gasteiger partial charge in [-0.2, -0.15) is 0 Å². The van der Waals surface area contributed by atoms with E-state index >= 15 is 0 Å². The Kier molecular flexibility index (Phi) is 2.90. The highest BCUT2D eigenvalue weighted by Crippen LogP contribution is 2.37. The summed E-state index contributed by atoms with van der Waals surface area (Å²) in [6.45, 7) is 1.67. The first-order valence-corrected chi connectivity index (χ1v) is 5.54. The Morgan fingerprint density at radius 2 is 2.00 bits per heavy atom. The summed E-state index contributed by atoms with van der Waals surface area (Å²) in [5.74, 6) is 0.226. The largest absolute Gasteiger partial charge is 0.294 e. The Morgan fingerprint density at radius 3 is 2.62 bits per heavy atom. The molecule has 4 nitrogen and oxygen atoms in total. The van der Waals surface area contributed by atoms with Gasteiger partial charge in [0.1, 0.15) is 0 Å². The highest BCUT2D eigenvalue weighted by molar-refractivity contribution is 6.66. The van der Waals surface area contributed by atoms with Crippen molar-refractivity contribution in [2.45, 2.75) is 17.1 Å². The topological polar surface area (TPSA) is 55.2 Å². The molecule has 0 aromatic carbocycles. The number of ketones is 1. The lowest BCUT2D eigenvalue weighted by molar-refractivity contribution is 0.0999. The van der Waals surface area contributed by atoms with Crippen molar-refractivity contribution in [1.82, 2.24) is 9.97 Å². The van der Waals surface area contributed by atoms with Gasteiger partial charge < -0.3 is 0 Å². The maximum atomic E-state index is 11.6. The normalized spacial score (nSPS) is 15.1. The molecule has 84 valence electrons. The van der Waals surface area contributed by atoms with E-state index in [0.717, 1.165) is 0 Å². The molecule has 2 heterocycles. The van der Waals surface area contributed by atoms with Crippen LogP contribution >= 0.6 is 34.8 Å². The zero-order valence-electron chi connectivity index (χ0n) is 8.17. The van der Waals surface area contributed by atoms with E-state index < -0.39 is 3.79 Å². The van der Waals surface area contributed by atoms with Crippen LogP contribution < -0.4 is 0 Å². The summed E-state index contributed by atoms with van der Waals surface area (Å²) in [7, 11) is 0. The number of alkyl halides is 3. The van der Waals surface area contributed by atoms with Crippen LogP contribution in [-0.4, -0.2) is 22.0 Å². The lowest BCUT2D eigenvalue weighted by Gasteiger charge is -2.15. The van der Waals surface area contributed by atoms with E-state index in [0.29, 0.717) is 11.3 Å². The van der Waals surface area contributed by atoms with Crippen molar-refractivity contribution < 1.29 is 4.79 Å².